The highest BCUT2D eigenvalue weighted by Crippen LogP contribution is 2.34. The van der Waals surface area contributed by atoms with Crippen LogP contribution in [0.2, 0.25) is 5.02 Å². The second-order valence-electron chi connectivity index (χ2n) is 3.69. The van der Waals surface area contributed by atoms with E-state index in [0.717, 1.165) is 4.90 Å². The summed E-state index contributed by atoms with van der Waals surface area (Å²) in [7, 11) is 0. The minimum absolute atomic E-state index is 0.119. The number of halogens is 1. The first kappa shape index (κ1) is 14.2. The van der Waals surface area contributed by atoms with Crippen molar-refractivity contribution in [2.75, 3.05) is 0 Å². The van der Waals surface area contributed by atoms with Gasteiger partial charge in [-0.1, -0.05) is 28.5 Å². The van der Waals surface area contributed by atoms with Gasteiger partial charge in [0.1, 0.15) is 0 Å². The molecule has 6 nitrogen and oxygen atoms in total. The van der Waals surface area contributed by atoms with Crippen molar-refractivity contribution < 1.29 is 4.92 Å². The van der Waals surface area contributed by atoms with Crippen LogP contribution in [0, 0.1) is 10.1 Å². The molecule has 0 aliphatic rings. The molecule has 0 radical (unpaired) electrons. The first-order chi connectivity index (χ1) is 9.58. The molecule has 20 heavy (non-hydrogen) atoms. The van der Waals surface area contributed by atoms with Crippen LogP contribution in [0.1, 0.15) is 0 Å². The van der Waals surface area contributed by atoms with Crippen LogP contribution >= 0.6 is 23.4 Å². The highest BCUT2D eigenvalue weighted by atomic mass is 35.5. The zero-order valence-electron chi connectivity index (χ0n) is 9.93. The summed E-state index contributed by atoms with van der Waals surface area (Å²) in [6.07, 6.45) is 0. The van der Waals surface area contributed by atoms with Gasteiger partial charge >= 0.3 is 0 Å². The van der Waals surface area contributed by atoms with Crippen molar-refractivity contribution in [1.82, 2.24) is 0 Å². The molecule has 2 aromatic rings. The van der Waals surface area contributed by atoms with Crippen molar-refractivity contribution in [1.29, 1.82) is 0 Å². The topological polar surface area (TPSA) is 91.9 Å². The van der Waals surface area contributed by atoms with Crippen LogP contribution in [0.15, 0.2) is 57.4 Å². The summed E-state index contributed by atoms with van der Waals surface area (Å²) in [5.41, 5.74) is 8.51. The van der Waals surface area contributed by atoms with Crippen molar-refractivity contribution >= 4 is 34.7 Å². The molecular formula is C12H7ClN4O2S. The molecule has 2 aromatic carbocycles. The zero-order chi connectivity index (χ0) is 14.5. The Labute approximate surface area is 123 Å². The van der Waals surface area contributed by atoms with Gasteiger partial charge in [-0.3, -0.25) is 10.1 Å². The van der Waals surface area contributed by atoms with Crippen LogP contribution < -0.4 is 0 Å². The Morgan fingerprint density at radius 3 is 2.50 bits per heavy atom. The van der Waals surface area contributed by atoms with Crippen LogP contribution in [0.5, 0.6) is 0 Å². The molecule has 0 aliphatic heterocycles. The average Bonchev–Trinajstić information content (AvgIpc) is 2.41. The van der Waals surface area contributed by atoms with E-state index in [4.69, 9.17) is 17.1 Å². The first-order valence-corrected chi connectivity index (χ1v) is 6.56. The lowest BCUT2D eigenvalue weighted by atomic mass is 10.3. The Hall–Kier alpha value is -2.21. The van der Waals surface area contributed by atoms with Crippen LogP contribution in [-0.2, 0) is 0 Å². The van der Waals surface area contributed by atoms with Crippen molar-refractivity contribution in [2.24, 2.45) is 5.11 Å². The second kappa shape index (κ2) is 6.29. The Kier molecular flexibility index (Phi) is 4.47. The molecule has 0 atom stereocenters. The van der Waals surface area contributed by atoms with Crippen LogP contribution in [0.4, 0.5) is 11.4 Å². The fraction of sp³-hybridized carbons (Fsp3) is 0. The van der Waals surface area contributed by atoms with Crippen molar-refractivity contribution in [3.8, 4) is 0 Å². The van der Waals surface area contributed by atoms with Gasteiger partial charge in [-0.15, -0.1) is 0 Å². The van der Waals surface area contributed by atoms with Crippen LogP contribution in [0.25, 0.3) is 10.4 Å². The molecule has 0 heterocycles. The van der Waals surface area contributed by atoms with Gasteiger partial charge in [-0.25, -0.2) is 0 Å². The lowest BCUT2D eigenvalue weighted by Gasteiger charge is -2.03. The summed E-state index contributed by atoms with van der Waals surface area (Å²) in [4.78, 5) is 14.5. The number of nitro benzene ring substituents is 1. The molecule has 2 rings (SSSR count). The molecular weight excluding hydrogens is 300 g/mol. The molecule has 0 fully saturated rings. The smallest absolute Gasteiger partial charge is 0.258 e. The molecule has 0 spiro atoms. The van der Waals surface area contributed by atoms with Crippen molar-refractivity contribution in [3.05, 3.63) is 68.0 Å². The maximum absolute atomic E-state index is 10.9. The Morgan fingerprint density at radius 2 is 1.90 bits per heavy atom. The minimum Gasteiger partial charge on any atom is -0.258 e. The number of hydrogen-bond donors (Lipinski definition) is 0. The molecule has 0 aromatic heterocycles. The third kappa shape index (κ3) is 3.64. The number of non-ortho nitro benzene ring substituents is 1. The molecule has 0 unspecified atom stereocenters. The summed E-state index contributed by atoms with van der Waals surface area (Å²) in [5, 5.41) is 14.9. The zero-order valence-corrected chi connectivity index (χ0v) is 11.5. The predicted octanol–water partition coefficient (Wildman–Crippen LogP) is 5.34. The molecule has 8 heteroatoms. The van der Waals surface area contributed by atoms with E-state index in [2.05, 4.69) is 10.0 Å². The van der Waals surface area contributed by atoms with E-state index in [1.165, 1.54) is 23.9 Å². The lowest BCUT2D eigenvalue weighted by molar-refractivity contribution is -0.385. The summed E-state index contributed by atoms with van der Waals surface area (Å²) >= 11 is 7.12. The second-order valence-corrected chi connectivity index (χ2v) is 5.27. The molecule has 0 aliphatic carbocycles. The van der Waals surface area contributed by atoms with Gasteiger partial charge in [0.25, 0.3) is 5.69 Å². The molecule has 100 valence electrons. The first-order valence-electron chi connectivity index (χ1n) is 5.36. The summed E-state index contributed by atoms with van der Waals surface area (Å²) in [6.45, 7) is 0. The normalized spacial score (nSPS) is 9.85. The van der Waals surface area contributed by atoms with Gasteiger partial charge < -0.3 is 0 Å². The van der Waals surface area contributed by atoms with E-state index < -0.39 is 4.92 Å². The summed E-state index contributed by atoms with van der Waals surface area (Å²) in [5.74, 6) is 0. The third-order valence-electron chi connectivity index (χ3n) is 2.30. The van der Waals surface area contributed by atoms with Gasteiger partial charge in [0.2, 0.25) is 0 Å². The Morgan fingerprint density at radius 1 is 1.20 bits per heavy atom. The van der Waals surface area contributed by atoms with Crippen molar-refractivity contribution in [3.63, 3.8) is 0 Å². The summed E-state index contributed by atoms with van der Waals surface area (Å²) < 4.78 is 0. The molecule has 0 bridgehead atoms. The molecule has 0 saturated carbocycles. The third-order valence-corrected chi connectivity index (χ3v) is 3.53. The van der Waals surface area contributed by atoms with Crippen LogP contribution in [0.3, 0.4) is 0 Å². The van der Waals surface area contributed by atoms with E-state index in [1.54, 1.807) is 30.3 Å². The van der Waals surface area contributed by atoms with E-state index >= 15 is 0 Å². The van der Waals surface area contributed by atoms with Gasteiger partial charge in [0.15, 0.2) is 0 Å². The van der Waals surface area contributed by atoms with E-state index in [-0.39, 0.29) is 11.4 Å². The van der Waals surface area contributed by atoms with E-state index in [0.29, 0.717) is 9.92 Å². The fourth-order valence-electron chi connectivity index (χ4n) is 1.48. The molecule has 0 N–H and O–H groups in total. The van der Waals surface area contributed by atoms with Gasteiger partial charge in [-0.05, 0) is 35.9 Å². The quantitative estimate of drug-likeness (QED) is 0.251. The largest absolute Gasteiger partial charge is 0.271 e. The van der Waals surface area contributed by atoms with Crippen molar-refractivity contribution in [2.45, 2.75) is 9.79 Å². The number of hydrogen-bond acceptors (Lipinski definition) is 4. The number of nitro groups is 1. The highest BCUT2D eigenvalue weighted by Gasteiger charge is 2.10. The van der Waals surface area contributed by atoms with Gasteiger partial charge in [0, 0.05) is 37.5 Å². The predicted molar refractivity (Wildman–Crippen MR) is 77.5 cm³/mol. The van der Waals surface area contributed by atoms with Crippen LogP contribution in [-0.4, -0.2) is 4.92 Å². The van der Waals surface area contributed by atoms with Gasteiger partial charge in [0.05, 0.1) is 4.92 Å². The number of benzene rings is 2. The average molecular weight is 307 g/mol. The highest BCUT2D eigenvalue weighted by molar-refractivity contribution is 7.99. The number of azide groups is 1. The summed E-state index contributed by atoms with van der Waals surface area (Å²) in [6, 6.07) is 11.3. The standard InChI is InChI=1S/C12H7ClN4O2S/c13-8-1-3-11(4-2-8)20-12-6-9(15-16-14)5-10(7-12)17(18)19/h1-7H. The van der Waals surface area contributed by atoms with E-state index in [1.807, 2.05) is 0 Å². The Bertz CT molecular complexity index is 679. The van der Waals surface area contributed by atoms with E-state index in [9.17, 15) is 10.1 Å². The van der Waals surface area contributed by atoms with Gasteiger partial charge in [-0.2, -0.15) is 0 Å². The maximum Gasteiger partial charge on any atom is 0.271 e. The molecule has 0 saturated heterocycles. The maximum atomic E-state index is 10.9. The fourth-order valence-corrected chi connectivity index (χ4v) is 2.51. The molecule has 0 amide bonds. The SMILES string of the molecule is [N-]=[N+]=Nc1cc(Sc2ccc(Cl)cc2)cc([N+](=O)[O-])c1. The number of rotatable bonds is 4. The Balaban J connectivity index is 2.37. The minimum atomic E-state index is -0.525. The number of nitrogens with zero attached hydrogens (tertiary/aromatic N) is 4. The monoisotopic (exact) mass is 306 g/mol. The lowest BCUT2D eigenvalue weighted by Crippen LogP contribution is -1.87.